The van der Waals surface area contributed by atoms with Crippen molar-refractivity contribution in [2.75, 3.05) is 26.8 Å². The topological polar surface area (TPSA) is 68.7 Å². The van der Waals surface area contributed by atoms with Crippen LogP contribution in [0.4, 0.5) is 0 Å². The molecule has 1 aromatic carbocycles. The number of nitrogens with one attached hydrogen (secondary N) is 1. The third-order valence-electron chi connectivity index (χ3n) is 5.22. The minimum absolute atomic E-state index is 0.00967. The van der Waals surface area contributed by atoms with Crippen LogP contribution in [-0.2, 0) is 16.8 Å². The van der Waals surface area contributed by atoms with E-state index < -0.39 is 11.7 Å². The Kier molecular flexibility index (Phi) is 3.27. The maximum atomic E-state index is 10.3. The van der Waals surface area contributed by atoms with Crippen LogP contribution in [0.1, 0.15) is 17.5 Å². The molecule has 1 aromatic heterocycles. The molecule has 0 saturated carbocycles. The van der Waals surface area contributed by atoms with Gasteiger partial charge in [-0.15, -0.1) is 0 Å². The largest absolute Gasteiger partial charge is 0.394 e. The lowest BCUT2D eigenvalue weighted by Crippen LogP contribution is -2.61. The van der Waals surface area contributed by atoms with Gasteiger partial charge in [0.05, 0.1) is 19.3 Å². The number of aromatic nitrogens is 1. The van der Waals surface area contributed by atoms with Crippen LogP contribution in [-0.4, -0.2) is 59.0 Å². The number of aliphatic hydroxyl groups is 2. The molecule has 2 aliphatic rings. The van der Waals surface area contributed by atoms with E-state index in [1.165, 1.54) is 10.9 Å². The summed E-state index contributed by atoms with van der Waals surface area (Å²) in [4.78, 5) is 5.54. The number of fused-ring (bicyclic) bond motifs is 2. The zero-order valence-corrected chi connectivity index (χ0v) is 12.7. The SMILES string of the molecule is CN1C[C@H](O)C[C@]2(OCCO)c3cccc4[nH]cc(c34)C[C@@H]12. The second kappa shape index (κ2) is 5.06. The number of aromatic amines is 1. The third kappa shape index (κ3) is 1.86. The van der Waals surface area contributed by atoms with Crippen LogP contribution in [0.15, 0.2) is 24.4 Å². The lowest BCUT2D eigenvalue weighted by Gasteiger charge is -2.52. The molecule has 3 atom stereocenters. The molecule has 22 heavy (non-hydrogen) atoms. The van der Waals surface area contributed by atoms with E-state index in [9.17, 15) is 10.2 Å². The van der Waals surface area contributed by atoms with Crippen LogP contribution in [0.3, 0.4) is 0 Å². The van der Waals surface area contributed by atoms with Crippen molar-refractivity contribution < 1.29 is 14.9 Å². The smallest absolute Gasteiger partial charge is 0.112 e. The van der Waals surface area contributed by atoms with Gasteiger partial charge in [0.1, 0.15) is 5.60 Å². The first-order valence-corrected chi connectivity index (χ1v) is 7.88. The van der Waals surface area contributed by atoms with Crippen molar-refractivity contribution in [2.45, 2.75) is 30.6 Å². The molecule has 0 unspecified atom stereocenters. The fourth-order valence-electron chi connectivity index (χ4n) is 4.41. The number of aliphatic hydroxyl groups excluding tert-OH is 2. The maximum absolute atomic E-state index is 10.3. The number of nitrogens with zero attached hydrogens (tertiary/aromatic N) is 1. The van der Waals surface area contributed by atoms with Crippen molar-refractivity contribution in [1.29, 1.82) is 0 Å². The molecule has 5 heteroatoms. The summed E-state index contributed by atoms with van der Waals surface area (Å²) in [6, 6.07) is 6.39. The molecule has 3 N–H and O–H groups in total. The average molecular weight is 302 g/mol. The van der Waals surface area contributed by atoms with E-state index in [1.807, 2.05) is 13.1 Å². The van der Waals surface area contributed by atoms with Crippen molar-refractivity contribution in [3.63, 3.8) is 0 Å². The summed E-state index contributed by atoms with van der Waals surface area (Å²) in [5.74, 6) is 0. The fraction of sp³-hybridized carbons (Fsp3) is 0.529. The van der Waals surface area contributed by atoms with Crippen LogP contribution in [0.5, 0.6) is 0 Å². The number of β-amino-alcohol motifs (C(OH)–C–C–N with tert-alkyl or cyclic N) is 1. The molecule has 0 amide bonds. The van der Waals surface area contributed by atoms with E-state index >= 15 is 0 Å². The molecule has 2 aromatic rings. The Labute approximate surface area is 129 Å². The molecule has 1 aliphatic carbocycles. The molecule has 118 valence electrons. The van der Waals surface area contributed by atoms with Crippen molar-refractivity contribution in [2.24, 2.45) is 0 Å². The Morgan fingerprint density at radius 1 is 1.45 bits per heavy atom. The number of benzene rings is 1. The Morgan fingerprint density at radius 3 is 3.14 bits per heavy atom. The number of hydrogen-bond acceptors (Lipinski definition) is 4. The molecule has 4 rings (SSSR count). The van der Waals surface area contributed by atoms with Crippen LogP contribution in [0.2, 0.25) is 0 Å². The Balaban J connectivity index is 1.93. The van der Waals surface area contributed by atoms with Gasteiger partial charge in [0.25, 0.3) is 0 Å². The summed E-state index contributed by atoms with van der Waals surface area (Å²) in [5.41, 5.74) is 3.00. The van der Waals surface area contributed by atoms with Crippen molar-refractivity contribution >= 4 is 10.9 Å². The minimum atomic E-state index is -0.552. The van der Waals surface area contributed by atoms with Gasteiger partial charge in [-0.1, -0.05) is 12.1 Å². The van der Waals surface area contributed by atoms with Gasteiger partial charge in [-0.2, -0.15) is 0 Å². The number of likely N-dealkylation sites (N-methyl/N-ethyl adjacent to an activating group) is 1. The quantitative estimate of drug-likeness (QED) is 0.791. The molecule has 5 nitrogen and oxygen atoms in total. The van der Waals surface area contributed by atoms with E-state index in [4.69, 9.17) is 4.74 Å². The normalized spacial score (nSPS) is 31.4. The Hall–Kier alpha value is -1.40. The van der Waals surface area contributed by atoms with Gasteiger partial charge in [0.2, 0.25) is 0 Å². The highest BCUT2D eigenvalue weighted by Gasteiger charge is 2.51. The predicted octanol–water partition coefficient (Wildman–Crippen LogP) is 0.993. The molecule has 0 bridgehead atoms. The van der Waals surface area contributed by atoms with Gasteiger partial charge in [-0.25, -0.2) is 0 Å². The predicted molar refractivity (Wildman–Crippen MR) is 83.8 cm³/mol. The van der Waals surface area contributed by atoms with Gasteiger partial charge in [0.15, 0.2) is 0 Å². The summed E-state index contributed by atoms with van der Waals surface area (Å²) >= 11 is 0. The van der Waals surface area contributed by atoms with E-state index in [2.05, 4.69) is 28.2 Å². The maximum Gasteiger partial charge on any atom is 0.112 e. The number of piperidine rings is 1. The zero-order valence-electron chi connectivity index (χ0n) is 12.7. The highest BCUT2D eigenvalue weighted by atomic mass is 16.5. The molecule has 1 saturated heterocycles. The standard InChI is InChI=1S/C17H22N2O3/c1-19-10-12(21)8-17(22-6-5-20)13-3-2-4-14-16(13)11(9-18-14)7-15(17)19/h2-4,9,12,15,18,20-21H,5-8,10H2,1H3/t12-,15-,17+/m1/s1. The fourth-order valence-corrected chi connectivity index (χ4v) is 4.41. The second-order valence-corrected chi connectivity index (χ2v) is 6.52. The third-order valence-corrected chi connectivity index (χ3v) is 5.22. The van der Waals surface area contributed by atoms with Crippen LogP contribution in [0, 0.1) is 0 Å². The van der Waals surface area contributed by atoms with Crippen molar-refractivity contribution in [3.05, 3.63) is 35.5 Å². The lowest BCUT2D eigenvalue weighted by atomic mass is 9.70. The molecule has 2 heterocycles. The minimum Gasteiger partial charge on any atom is -0.394 e. The lowest BCUT2D eigenvalue weighted by molar-refractivity contribution is -0.163. The van der Waals surface area contributed by atoms with E-state index in [-0.39, 0.29) is 19.3 Å². The first-order chi connectivity index (χ1) is 10.7. The summed E-state index contributed by atoms with van der Waals surface area (Å²) in [6.07, 6.45) is 3.14. The first-order valence-electron chi connectivity index (χ1n) is 7.88. The van der Waals surface area contributed by atoms with E-state index in [1.54, 1.807) is 0 Å². The van der Waals surface area contributed by atoms with Crippen molar-refractivity contribution in [1.82, 2.24) is 9.88 Å². The second-order valence-electron chi connectivity index (χ2n) is 6.52. The molecular formula is C17H22N2O3. The summed E-state index contributed by atoms with van der Waals surface area (Å²) in [6.45, 7) is 0.933. The molecular weight excluding hydrogens is 280 g/mol. The zero-order chi connectivity index (χ0) is 15.3. The van der Waals surface area contributed by atoms with E-state index in [0.29, 0.717) is 13.0 Å². The summed E-state index contributed by atoms with van der Waals surface area (Å²) < 4.78 is 6.22. The average Bonchev–Trinajstić information content (AvgIpc) is 2.91. The van der Waals surface area contributed by atoms with Gasteiger partial charge < -0.3 is 19.9 Å². The van der Waals surface area contributed by atoms with Gasteiger partial charge >= 0.3 is 0 Å². The van der Waals surface area contributed by atoms with Crippen LogP contribution < -0.4 is 0 Å². The van der Waals surface area contributed by atoms with Gasteiger partial charge in [-0.05, 0) is 30.7 Å². The highest BCUT2D eigenvalue weighted by molar-refractivity contribution is 5.88. The monoisotopic (exact) mass is 302 g/mol. The van der Waals surface area contributed by atoms with Gasteiger partial charge in [-0.3, -0.25) is 4.90 Å². The van der Waals surface area contributed by atoms with Crippen LogP contribution >= 0.6 is 0 Å². The number of likely N-dealkylation sites (tertiary alicyclic amines) is 1. The number of ether oxygens (including phenoxy) is 1. The number of hydrogen-bond donors (Lipinski definition) is 3. The highest BCUT2D eigenvalue weighted by Crippen LogP contribution is 2.48. The van der Waals surface area contributed by atoms with Gasteiger partial charge in [0, 0.05) is 36.1 Å². The first kappa shape index (κ1) is 14.2. The van der Waals surface area contributed by atoms with E-state index in [0.717, 1.165) is 17.5 Å². The van der Waals surface area contributed by atoms with Crippen molar-refractivity contribution in [3.8, 4) is 0 Å². The number of H-pyrrole nitrogens is 1. The molecule has 1 fully saturated rings. The number of rotatable bonds is 3. The summed E-state index contributed by atoms with van der Waals surface area (Å²) in [7, 11) is 2.04. The van der Waals surface area contributed by atoms with Crippen LogP contribution in [0.25, 0.3) is 10.9 Å². The summed E-state index contributed by atoms with van der Waals surface area (Å²) in [5, 5.41) is 20.8. The Bertz CT molecular complexity index is 698. The molecule has 0 radical (unpaired) electrons. The Morgan fingerprint density at radius 2 is 2.32 bits per heavy atom. The molecule has 1 aliphatic heterocycles. The molecule has 0 spiro atoms.